The normalized spacial score (nSPS) is 12.9. The molecule has 0 bridgehead atoms. The van der Waals surface area contributed by atoms with Gasteiger partial charge in [0.25, 0.3) is 0 Å². The average molecular weight is 147 g/mol. The average Bonchev–Trinajstić information content (AvgIpc) is 1.82. The zero-order chi connectivity index (χ0) is 7.28. The number of hydrogen-bond donors (Lipinski definition) is 1. The van der Waals surface area contributed by atoms with Gasteiger partial charge in [-0.3, -0.25) is 4.79 Å². The van der Waals surface area contributed by atoms with E-state index in [0.717, 1.165) is 0 Å². The predicted molar refractivity (Wildman–Crippen MR) is 34.7 cm³/mol. The van der Waals surface area contributed by atoms with Crippen LogP contribution in [0.25, 0.3) is 0 Å². The lowest BCUT2D eigenvalue weighted by Gasteiger charge is -2.03. The van der Waals surface area contributed by atoms with Crippen molar-refractivity contribution in [2.75, 3.05) is 0 Å². The van der Waals surface area contributed by atoms with Crippen molar-refractivity contribution in [2.24, 2.45) is 5.73 Å². The molecule has 0 fully saturated rings. The standard InChI is InChI=1S/C4H9NO3Si/c5-4(7)1-3(2-6)8-9/h2-3H,1H2,9H3,(H2,5,7). The highest BCUT2D eigenvalue weighted by Crippen LogP contribution is 1.89. The van der Waals surface area contributed by atoms with Gasteiger partial charge in [-0.15, -0.1) is 0 Å². The molecule has 2 N–H and O–H groups in total. The molecule has 52 valence electrons. The van der Waals surface area contributed by atoms with Crippen LogP contribution in [0.4, 0.5) is 0 Å². The van der Waals surface area contributed by atoms with Gasteiger partial charge in [0.05, 0.1) is 6.42 Å². The zero-order valence-corrected chi connectivity index (χ0v) is 7.16. The third-order valence-corrected chi connectivity index (χ3v) is 1.46. The molecule has 0 aliphatic heterocycles. The molecule has 0 aliphatic rings. The van der Waals surface area contributed by atoms with Crippen LogP contribution in [0.1, 0.15) is 6.42 Å². The minimum atomic E-state index is -0.617. The van der Waals surface area contributed by atoms with Gasteiger partial charge in [-0.05, 0) is 0 Å². The fraction of sp³-hybridized carbons (Fsp3) is 0.500. The van der Waals surface area contributed by atoms with Crippen LogP contribution in [0, 0.1) is 0 Å². The van der Waals surface area contributed by atoms with Crippen molar-refractivity contribution >= 4 is 22.7 Å². The summed E-state index contributed by atoms with van der Waals surface area (Å²) < 4.78 is 4.68. The van der Waals surface area contributed by atoms with Crippen LogP contribution >= 0.6 is 0 Å². The molecule has 1 amide bonds. The summed E-state index contributed by atoms with van der Waals surface area (Å²) in [6.45, 7) is 0. The van der Waals surface area contributed by atoms with E-state index in [0.29, 0.717) is 16.8 Å². The molecule has 0 heterocycles. The first-order valence-corrected chi connectivity index (χ1v) is 3.28. The molecule has 9 heavy (non-hydrogen) atoms. The molecule has 0 rings (SSSR count). The molecular weight excluding hydrogens is 138 g/mol. The third kappa shape index (κ3) is 3.86. The van der Waals surface area contributed by atoms with E-state index in [4.69, 9.17) is 5.73 Å². The van der Waals surface area contributed by atoms with Crippen molar-refractivity contribution in [3.05, 3.63) is 0 Å². The van der Waals surface area contributed by atoms with Gasteiger partial charge in [0.2, 0.25) is 5.91 Å². The molecule has 1 unspecified atom stereocenters. The molecule has 4 nitrogen and oxygen atoms in total. The van der Waals surface area contributed by atoms with Gasteiger partial charge in [-0.2, -0.15) is 0 Å². The Morgan fingerprint density at radius 3 is 2.56 bits per heavy atom. The number of carbonyl (C=O) groups is 2. The van der Waals surface area contributed by atoms with Crippen LogP contribution in [-0.4, -0.2) is 28.8 Å². The first kappa shape index (κ1) is 8.32. The summed E-state index contributed by atoms with van der Waals surface area (Å²) in [7, 11) is 0.448. The van der Waals surface area contributed by atoms with Crippen LogP contribution in [0.3, 0.4) is 0 Å². The smallest absolute Gasteiger partial charge is 0.220 e. The second-order valence-electron chi connectivity index (χ2n) is 1.58. The lowest BCUT2D eigenvalue weighted by atomic mass is 10.3. The molecule has 0 aromatic heterocycles. The topological polar surface area (TPSA) is 69.4 Å². The van der Waals surface area contributed by atoms with Gasteiger partial charge in [0.15, 0.2) is 0 Å². The lowest BCUT2D eigenvalue weighted by Crippen LogP contribution is -2.22. The maximum absolute atomic E-state index is 10.1. The summed E-state index contributed by atoms with van der Waals surface area (Å²) in [6, 6.07) is 0. The van der Waals surface area contributed by atoms with E-state index < -0.39 is 12.0 Å². The maximum Gasteiger partial charge on any atom is 0.220 e. The molecule has 0 radical (unpaired) electrons. The summed E-state index contributed by atoms with van der Waals surface area (Å²) >= 11 is 0. The first-order valence-electron chi connectivity index (χ1n) is 2.47. The van der Waals surface area contributed by atoms with E-state index in [1.165, 1.54) is 0 Å². The Bertz CT molecular complexity index is 116. The lowest BCUT2D eigenvalue weighted by molar-refractivity contribution is -0.123. The number of hydrogen-bond acceptors (Lipinski definition) is 3. The number of rotatable bonds is 4. The van der Waals surface area contributed by atoms with E-state index in [-0.39, 0.29) is 6.42 Å². The Morgan fingerprint density at radius 1 is 1.89 bits per heavy atom. The Hall–Kier alpha value is -0.683. The van der Waals surface area contributed by atoms with Gasteiger partial charge < -0.3 is 15.0 Å². The minimum Gasteiger partial charge on any atom is -0.418 e. The monoisotopic (exact) mass is 147 g/mol. The van der Waals surface area contributed by atoms with Crippen molar-refractivity contribution in [3.8, 4) is 0 Å². The van der Waals surface area contributed by atoms with Crippen LogP contribution in [0.15, 0.2) is 0 Å². The highest BCUT2D eigenvalue weighted by atomic mass is 28.2. The molecular formula is C4H9NO3Si. The van der Waals surface area contributed by atoms with Crippen molar-refractivity contribution in [1.29, 1.82) is 0 Å². The number of primary amides is 1. The second kappa shape index (κ2) is 4.22. The van der Waals surface area contributed by atoms with Crippen molar-refractivity contribution < 1.29 is 14.0 Å². The Kier molecular flexibility index (Phi) is 3.90. The van der Waals surface area contributed by atoms with Crippen molar-refractivity contribution in [1.82, 2.24) is 0 Å². The Balaban J connectivity index is 3.55. The molecule has 0 saturated carbocycles. The summed E-state index contributed by atoms with van der Waals surface area (Å²) in [5, 5.41) is 0. The highest BCUT2D eigenvalue weighted by Gasteiger charge is 2.06. The van der Waals surface area contributed by atoms with E-state index in [2.05, 4.69) is 4.43 Å². The number of aldehydes is 1. The highest BCUT2D eigenvalue weighted by molar-refractivity contribution is 5.99. The van der Waals surface area contributed by atoms with E-state index in [9.17, 15) is 9.59 Å². The number of amides is 1. The Labute approximate surface area is 55.9 Å². The van der Waals surface area contributed by atoms with Crippen LogP contribution in [0.5, 0.6) is 0 Å². The summed E-state index contributed by atoms with van der Waals surface area (Å²) in [6.07, 6.45) is -0.0423. The molecule has 5 heteroatoms. The van der Waals surface area contributed by atoms with Crippen LogP contribution in [0.2, 0.25) is 0 Å². The third-order valence-electron chi connectivity index (χ3n) is 0.857. The van der Waals surface area contributed by atoms with Gasteiger partial charge in [0, 0.05) is 0 Å². The summed E-state index contributed by atoms with van der Waals surface area (Å²) in [5.41, 5.74) is 4.78. The maximum atomic E-state index is 10.1. The van der Waals surface area contributed by atoms with E-state index in [1.807, 2.05) is 0 Å². The molecule has 0 spiro atoms. The van der Waals surface area contributed by atoms with Crippen molar-refractivity contribution in [2.45, 2.75) is 12.5 Å². The zero-order valence-electron chi connectivity index (χ0n) is 5.16. The molecule has 0 saturated heterocycles. The van der Waals surface area contributed by atoms with Crippen molar-refractivity contribution in [3.63, 3.8) is 0 Å². The van der Waals surface area contributed by atoms with Crippen LogP contribution < -0.4 is 5.73 Å². The summed E-state index contributed by atoms with van der Waals surface area (Å²) in [4.78, 5) is 20.1. The quantitative estimate of drug-likeness (QED) is 0.360. The number of carbonyl (C=O) groups excluding carboxylic acids is 2. The SMILES string of the molecule is NC(=O)CC(C=O)O[SiH3]. The van der Waals surface area contributed by atoms with Gasteiger partial charge in [-0.1, -0.05) is 0 Å². The molecule has 0 aromatic carbocycles. The number of nitrogens with two attached hydrogens (primary N) is 1. The second-order valence-corrected chi connectivity index (χ2v) is 2.05. The predicted octanol–water partition coefficient (Wildman–Crippen LogP) is -2.27. The molecule has 0 aliphatic carbocycles. The molecule has 1 atom stereocenters. The molecule has 0 aromatic rings. The minimum absolute atomic E-state index is 0.00694. The largest absolute Gasteiger partial charge is 0.418 e. The van der Waals surface area contributed by atoms with E-state index >= 15 is 0 Å². The fourth-order valence-corrected chi connectivity index (χ4v) is 0.663. The fourth-order valence-electron chi connectivity index (χ4n) is 0.385. The Morgan fingerprint density at radius 2 is 2.44 bits per heavy atom. The van der Waals surface area contributed by atoms with Gasteiger partial charge >= 0.3 is 0 Å². The first-order chi connectivity index (χ1) is 4.20. The van der Waals surface area contributed by atoms with E-state index in [1.54, 1.807) is 0 Å². The van der Waals surface area contributed by atoms with Gasteiger partial charge in [0.1, 0.15) is 22.9 Å². The summed E-state index contributed by atoms with van der Waals surface area (Å²) in [5.74, 6) is -0.511. The van der Waals surface area contributed by atoms with Crippen LogP contribution in [-0.2, 0) is 14.0 Å². The van der Waals surface area contributed by atoms with Gasteiger partial charge in [-0.25, -0.2) is 0 Å².